The summed E-state index contributed by atoms with van der Waals surface area (Å²) in [6, 6.07) is 1.84. The number of carbonyl (C=O) groups excluding carboxylic acids is 1. The van der Waals surface area contributed by atoms with Crippen molar-refractivity contribution in [3.63, 3.8) is 0 Å². The van der Waals surface area contributed by atoms with E-state index in [9.17, 15) is 23.5 Å². The second kappa shape index (κ2) is 9.29. The maximum atomic E-state index is 14.2. The maximum Gasteiger partial charge on any atom is 0.296 e. The third-order valence-corrected chi connectivity index (χ3v) is 5.90. The number of aromatic hydroxyl groups is 1. The molecule has 13 heteroatoms. The van der Waals surface area contributed by atoms with Crippen LogP contribution in [0.5, 0.6) is 5.75 Å². The van der Waals surface area contributed by atoms with Crippen LogP contribution in [0.15, 0.2) is 46.3 Å². The minimum Gasteiger partial charge on any atom is -0.501 e. The van der Waals surface area contributed by atoms with Crippen LogP contribution >= 0.6 is 11.6 Å². The number of carbonyl (C=O) groups is 1. The molecule has 10 nitrogen and oxygen atoms in total. The molecule has 0 unspecified atom stereocenters. The molecule has 0 radical (unpaired) electrons. The third kappa shape index (κ3) is 4.52. The van der Waals surface area contributed by atoms with E-state index in [2.05, 4.69) is 25.1 Å². The molecule has 4 rings (SSSR count). The van der Waals surface area contributed by atoms with Crippen LogP contribution in [0.2, 0.25) is 5.02 Å². The van der Waals surface area contributed by atoms with Crippen LogP contribution < -0.4 is 10.9 Å². The predicted molar refractivity (Wildman–Crippen MR) is 120 cm³/mol. The summed E-state index contributed by atoms with van der Waals surface area (Å²) in [5.41, 5.74) is -0.418. The zero-order valence-corrected chi connectivity index (χ0v) is 19.4. The summed E-state index contributed by atoms with van der Waals surface area (Å²) < 4.78 is 35.3. The van der Waals surface area contributed by atoms with E-state index in [1.807, 2.05) is 0 Å². The van der Waals surface area contributed by atoms with Gasteiger partial charge in [-0.05, 0) is 23.3 Å². The monoisotopic (exact) mass is 504 g/mol. The minimum absolute atomic E-state index is 0.0428. The van der Waals surface area contributed by atoms with Crippen LogP contribution in [0, 0.1) is 11.6 Å². The Bertz CT molecular complexity index is 1470. The Morgan fingerprint density at radius 3 is 2.57 bits per heavy atom. The van der Waals surface area contributed by atoms with Gasteiger partial charge in [-0.1, -0.05) is 23.7 Å². The molecule has 1 aromatic carbocycles. The molecule has 182 valence electrons. The average Bonchev–Trinajstić information content (AvgIpc) is 3.47. The highest BCUT2D eigenvalue weighted by molar-refractivity contribution is 6.31. The molecule has 3 aromatic heterocycles. The van der Waals surface area contributed by atoms with Crippen LogP contribution in [-0.2, 0) is 14.1 Å². The van der Waals surface area contributed by atoms with Crippen LogP contribution in [0.25, 0.3) is 0 Å². The number of halogens is 3. The molecule has 0 spiro atoms. The molecule has 35 heavy (non-hydrogen) atoms. The highest BCUT2D eigenvalue weighted by atomic mass is 35.5. The third-order valence-electron chi connectivity index (χ3n) is 5.57. The van der Waals surface area contributed by atoms with Gasteiger partial charge < -0.3 is 14.9 Å². The average molecular weight is 505 g/mol. The van der Waals surface area contributed by atoms with Crippen LogP contribution in [0.4, 0.5) is 14.5 Å². The first kappa shape index (κ1) is 24.1. The summed E-state index contributed by atoms with van der Waals surface area (Å²) in [4.78, 5) is 29.8. The summed E-state index contributed by atoms with van der Waals surface area (Å²) >= 11 is 6.30. The zero-order chi connectivity index (χ0) is 25.4. The Balaban J connectivity index is 1.86. The van der Waals surface area contributed by atoms with Gasteiger partial charge >= 0.3 is 0 Å². The van der Waals surface area contributed by atoms with Crippen LogP contribution in [0.3, 0.4) is 0 Å². The fourth-order valence-corrected chi connectivity index (χ4v) is 4.16. The number of nitrogens with one attached hydrogen (secondary N) is 1. The van der Waals surface area contributed by atoms with E-state index in [0.717, 1.165) is 23.0 Å². The lowest BCUT2D eigenvalue weighted by atomic mass is 9.82. The lowest BCUT2D eigenvalue weighted by Gasteiger charge is -2.26. The number of rotatable bonds is 6. The molecule has 0 bridgehead atoms. The molecule has 0 saturated heterocycles. The number of aryl methyl sites for hydroxylation is 1. The van der Waals surface area contributed by atoms with Gasteiger partial charge in [-0.15, -0.1) is 0 Å². The quantitative estimate of drug-likeness (QED) is 0.385. The number of amides is 1. The predicted octanol–water partition coefficient (Wildman–Crippen LogP) is 3.33. The Hall–Kier alpha value is -4.06. The number of hydrogen-bond acceptors (Lipinski definition) is 7. The second-order valence-electron chi connectivity index (χ2n) is 7.90. The standard InChI is InChI=1S/C22H19ClF2N6O4/c1-10(17(11-6-26-30(2)8-11)13-4-15(24)16(25)5-14(13)23)20-29-18(19(32)22(34)31(20)3)21(33)28-12-7-27-35-9-12/h4-10,17,32H,1-3H3,(H,28,33)/t10-,17+/m1/s1. The fourth-order valence-electron chi connectivity index (χ4n) is 3.89. The van der Waals surface area contributed by atoms with Crippen LogP contribution in [-0.4, -0.2) is 35.5 Å². The molecular weight excluding hydrogens is 486 g/mol. The molecule has 2 atom stereocenters. The summed E-state index contributed by atoms with van der Waals surface area (Å²) in [6.07, 6.45) is 5.57. The lowest BCUT2D eigenvalue weighted by molar-refractivity contribution is 0.101. The molecule has 0 fully saturated rings. The van der Waals surface area contributed by atoms with Gasteiger partial charge in [0, 0.05) is 37.2 Å². The van der Waals surface area contributed by atoms with Crippen molar-refractivity contribution in [1.29, 1.82) is 0 Å². The summed E-state index contributed by atoms with van der Waals surface area (Å²) in [5, 5.41) is 20.3. The Kier molecular flexibility index (Phi) is 6.39. The SMILES string of the molecule is C[C@@H](c1nc(C(=O)Nc2cnoc2)c(O)c(=O)n1C)[C@@H](c1cnn(C)c1)c1cc(F)c(F)cc1Cl. The molecule has 0 aliphatic rings. The lowest BCUT2D eigenvalue weighted by Crippen LogP contribution is -2.29. The zero-order valence-electron chi connectivity index (χ0n) is 18.7. The normalized spacial score (nSPS) is 13.0. The summed E-state index contributed by atoms with van der Waals surface area (Å²) in [5.74, 6) is -5.34. The Morgan fingerprint density at radius 2 is 1.94 bits per heavy atom. The number of anilines is 1. The summed E-state index contributed by atoms with van der Waals surface area (Å²) in [7, 11) is 3.05. The first-order chi connectivity index (χ1) is 16.6. The van der Waals surface area contributed by atoms with E-state index < -0.39 is 46.4 Å². The molecule has 4 aromatic rings. The second-order valence-corrected chi connectivity index (χ2v) is 8.31. The molecule has 0 aliphatic heterocycles. The van der Waals surface area contributed by atoms with Crippen molar-refractivity contribution in [1.82, 2.24) is 24.5 Å². The van der Waals surface area contributed by atoms with Gasteiger partial charge in [-0.2, -0.15) is 5.10 Å². The molecule has 3 heterocycles. The van der Waals surface area contributed by atoms with E-state index in [4.69, 9.17) is 11.6 Å². The smallest absolute Gasteiger partial charge is 0.296 e. The molecule has 2 N–H and O–H groups in total. The highest BCUT2D eigenvalue weighted by Crippen LogP contribution is 2.41. The van der Waals surface area contributed by atoms with Crippen molar-refractivity contribution in [2.24, 2.45) is 14.1 Å². The number of nitrogens with zero attached hydrogens (tertiary/aromatic N) is 5. The minimum atomic E-state index is -1.11. The van der Waals surface area contributed by atoms with E-state index in [-0.39, 0.29) is 22.1 Å². The highest BCUT2D eigenvalue weighted by Gasteiger charge is 2.32. The van der Waals surface area contributed by atoms with Gasteiger partial charge in [0.1, 0.15) is 17.8 Å². The fraction of sp³-hybridized carbons (Fsp3) is 0.227. The van der Waals surface area contributed by atoms with Crippen molar-refractivity contribution in [3.05, 3.63) is 86.6 Å². The molecule has 0 aliphatic carbocycles. The van der Waals surface area contributed by atoms with Gasteiger partial charge in [-0.3, -0.25) is 18.8 Å². The molecule has 0 saturated carbocycles. The van der Waals surface area contributed by atoms with Crippen molar-refractivity contribution >= 4 is 23.2 Å². The van der Waals surface area contributed by atoms with Crippen LogP contribution in [0.1, 0.15) is 46.2 Å². The first-order valence-electron chi connectivity index (χ1n) is 10.2. The van der Waals surface area contributed by atoms with E-state index in [1.54, 1.807) is 20.2 Å². The van der Waals surface area contributed by atoms with Crippen molar-refractivity contribution < 1.29 is 23.2 Å². The van der Waals surface area contributed by atoms with E-state index >= 15 is 0 Å². The van der Waals surface area contributed by atoms with E-state index in [1.165, 1.54) is 24.1 Å². The Labute approximate surface area is 201 Å². The van der Waals surface area contributed by atoms with Crippen molar-refractivity contribution in [3.8, 4) is 5.75 Å². The maximum absolute atomic E-state index is 14.2. The molecular formula is C22H19ClF2N6O4. The molecule has 1 amide bonds. The largest absolute Gasteiger partial charge is 0.501 e. The topological polar surface area (TPSA) is 128 Å². The van der Waals surface area contributed by atoms with Gasteiger partial charge in [0.25, 0.3) is 11.5 Å². The first-order valence-corrected chi connectivity index (χ1v) is 10.6. The van der Waals surface area contributed by atoms with Gasteiger partial charge in [0.15, 0.2) is 17.3 Å². The number of benzene rings is 1. The van der Waals surface area contributed by atoms with Gasteiger partial charge in [-0.25, -0.2) is 13.8 Å². The van der Waals surface area contributed by atoms with Gasteiger partial charge in [0.2, 0.25) is 5.75 Å². The van der Waals surface area contributed by atoms with Crippen molar-refractivity contribution in [2.75, 3.05) is 5.32 Å². The number of aromatic nitrogens is 5. The van der Waals surface area contributed by atoms with E-state index in [0.29, 0.717) is 5.56 Å². The Morgan fingerprint density at radius 1 is 1.23 bits per heavy atom. The van der Waals surface area contributed by atoms with Crippen molar-refractivity contribution in [2.45, 2.75) is 18.8 Å². The van der Waals surface area contributed by atoms with Gasteiger partial charge in [0.05, 0.1) is 12.4 Å². The summed E-state index contributed by atoms with van der Waals surface area (Å²) in [6.45, 7) is 1.68. The number of hydrogen-bond donors (Lipinski definition) is 2.